The van der Waals surface area contributed by atoms with Crippen molar-refractivity contribution in [3.05, 3.63) is 47.9 Å². The highest BCUT2D eigenvalue weighted by atomic mass is 16.5. The Balaban J connectivity index is 1.99. The van der Waals surface area contributed by atoms with Crippen molar-refractivity contribution in [2.24, 2.45) is 0 Å². The molecule has 2 rings (SSSR count). The topological polar surface area (TPSA) is 58.2 Å². The number of anilines is 1. The fourth-order valence-electron chi connectivity index (χ4n) is 1.46. The summed E-state index contributed by atoms with van der Waals surface area (Å²) in [6.07, 6.45) is 0. The Kier molecular flexibility index (Phi) is 3.31. The number of hydrogen-bond donors (Lipinski definition) is 1. The molecule has 0 atom stereocenters. The lowest BCUT2D eigenvalue weighted by atomic mass is 10.3. The first-order valence-electron chi connectivity index (χ1n) is 5.18. The fourth-order valence-corrected chi connectivity index (χ4v) is 1.46. The van der Waals surface area contributed by atoms with Gasteiger partial charge in [0.05, 0.1) is 13.7 Å². The molecule has 0 radical (unpaired) electrons. The summed E-state index contributed by atoms with van der Waals surface area (Å²) in [6.45, 7) is 0.537. The highest BCUT2D eigenvalue weighted by Gasteiger charge is 2.01. The number of benzene rings is 1. The molecule has 86 valence electrons. The zero-order valence-electron chi connectivity index (χ0n) is 9.43. The van der Waals surface area contributed by atoms with Gasteiger partial charge in [0.15, 0.2) is 0 Å². The Bertz CT molecular complexity index is 540. The molecule has 0 aliphatic heterocycles. The Hall–Kier alpha value is -2.41. The van der Waals surface area contributed by atoms with Crippen molar-refractivity contribution >= 4 is 5.69 Å². The van der Waals surface area contributed by atoms with Gasteiger partial charge in [0.1, 0.15) is 17.6 Å². The van der Waals surface area contributed by atoms with Crippen LogP contribution in [0.5, 0.6) is 5.75 Å². The predicted octanol–water partition coefficient (Wildman–Crippen LogP) is 2.77. The monoisotopic (exact) mass is 228 g/mol. The lowest BCUT2D eigenvalue weighted by molar-refractivity contribution is 0.415. The van der Waals surface area contributed by atoms with Gasteiger partial charge in [-0.25, -0.2) is 0 Å². The molecule has 0 amide bonds. The van der Waals surface area contributed by atoms with E-state index in [0.717, 1.165) is 17.2 Å². The fraction of sp³-hybridized carbons (Fsp3) is 0.154. The number of methoxy groups -OCH3 is 1. The summed E-state index contributed by atoms with van der Waals surface area (Å²) >= 11 is 0. The molecule has 1 heterocycles. The second-order valence-corrected chi connectivity index (χ2v) is 3.46. The lowest BCUT2D eigenvalue weighted by Crippen LogP contribution is -1.98. The maximum absolute atomic E-state index is 8.62. The van der Waals surface area contributed by atoms with E-state index in [9.17, 15) is 0 Å². The van der Waals surface area contributed by atoms with Gasteiger partial charge in [-0.15, -0.1) is 0 Å². The number of nitrogens with one attached hydrogen (secondary N) is 1. The summed E-state index contributed by atoms with van der Waals surface area (Å²) < 4.78 is 10.4. The third kappa shape index (κ3) is 2.79. The molecule has 4 heteroatoms. The van der Waals surface area contributed by atoms with Crippen molar-refractivity contribution in [1.29, 1.82) is 5.26 Å². The first-order valence-corrected chi connectivity index (χ1v) is 5.18. The highest BCUT2D eigenvalue weighted by Crippen LogP contribution is 2.17. The van der Waals surface area contributed by atoms with E-state index in [-0.39, 0.29) is 0 Å². The molecule has 1 aromatic carbocycles. The van der Waals surface area contributed by atoms with Crippen LogP contribution < -0.4 is 10.1 Å². The maximum atomic E-state index is 8.62. The molecule has 0 bridgehead atoms. The van der Waals surface area contributed by atoms with E-state index in [4.69, 9.17) is 14.4 Å². The zero-order chi connectivity index (χ0) is 12.1. The maximum Gasteiger partial charge on any atom is 0.203 e. The minimum absolute atomic E-state index is 0.326. The van der Waals surface area contributed by atoms with Gasteiger partial charge in [-0.1, -0.05) is 6.07 Å². The van der Waals surface area contributed by atoms with E-state index in [0.29, 0.717) is 12.3 Å². The molecule has 0 spiro atoms. The van der Waals surface area contributed by atoms with Crippen LogP contribution in [0.4, 0.5) is 5.69 Å². The highest BCUT2D eigenvalue weighted by molar-refractivity contribution is 5.48. The number of hydrogen-bond acceptors (Lipinski definition) is 4. The van der Waals surface area contributed by atoms with E-state index < -0.39 is 0 Å². The molecule has 0 saturated carbocycles. The average molecular weight is 228 g/mol. The molecular weight excluding hydrogens is 216 g/mol. The summed E-state index contributed by atoms with van der Waals surface area (Å²) in [6, 6.07) is 13.0. The predicted molar refractivity (Wildman–Crippen MR) is 63.7 cm³/mol. The van der Waals surface area contributed by atoms with E-state index in [1.807, 2.05) is 30.3 Å². The van der Waals surface area contributed by atoms with Crippen LogP contribution in [0, 0.1) is 11.3 Å². The van der Waals surface area contributed by atoms with Crippen LogP contribution >= 0.6 is 0 Å². The van der Waals surface area contributed by atoms with Crippen molar-refractivity contribution in [2.45, 2.75) is 6.54 Å². The van der Waals surface area contributed by atoms with Gasteiger partial charge in [0.25, 0.3) is 0 Å². The van der Waals surface area contributed by atoms with E-state index >= 15 is 0 Å². The molecular formula is C13H12N2O2. The van der Waals surface area contributed by atoms with Crippen LogP contribution in [0.25, 0.3) is 0 Å². The standard InChI is InChI=1S/C13H12N2O2/c1-16-11-4-2-3-10(7-11)15-9-13-6-5-12(8-14)17-13/h2-7,15H,9H2,1H3. The van der Waals surface area contributed by atoms with Crippen molar-refractivity contribution in [3.63, 3.8) is 0 Å². The summed E-state index contributed by atoms with van der Waals surface area (Å²) in [5, 5.41) is 11.8. The average Bonchev–Trinajstić information content (AvgIpc) is 2.84. The summed E-state index contributed by atoms with van der Waals surface area (Å²) in [4.78, 5) is 0. The minimum atomic E-state index is 0.326. The van der Waals surface area contributed by atoms with Crippen LogP contribution in [0.15, 0.2) is 40.8 Å². The van der Waals surface area contributed by atoms with Gasteiger partial charge in [0.2, 0.25) is 5.76 Å². The Morgan fingerprint density at radius 3 is 2.94 bits per heavy atom. The van der Waals surface area contributed by atoms with E-state index in [1.54, 1.807) is 19.2 Å². The quantitative estimate of drug-likeness (QED) is 0.874. The Morgan fingerprint density at radius 2 is 2.24 bits per heavy atom. The summed E-state index contributed by atoms with van der Waals surface area (Å²) in [5.41, 5.74) is 0.944. The van der Waals surface area contributed by atoms with Gasteiger partial charge >= 0.3 is 0 Å². The van der Waals surface area contributed by atoms with Crippen molar-refractivity contribution in [2.75, 3.05) is 12.4 Å². The number of furan rings is 1. The third-order valence-corrected chi connectivity index (χ3v) is 2.31. The molecule has 0 aliphatic carbocycles. The number of rotatable bonds is 4. The lowest BCUT2D eigenvalue weighted by Gasteiger charge is -2.06. The van der Waals surface area contributed by atoms with Crippen LogP contribution in [0.1, 0.15) is 11.5 Å². The second kappa shape index (κ2) is 5.08. The van der Waals surface area contributed by atoms with Crippen LogP contribution in [-0.2, 0) is 6.54 Å². The van der Waals surface area contributed by atoms with Gasteiger partial charge in [-0.2, -0.15) is 5.26 Å². The Labute approximate surface area is 99.4 Å². The normalized spacial score (nSPS) is 9.65. The van der Waals surface area contributed by atoms with Crippen LogP contribution in [-0.4, -0.2) is 7.11 Å². The van der Waals surface area contributed by atoms with Crippen LogP contribution in [0.3, 0.4) is 0 Å². The molecule has 1 N–H and O–H groups in total. The molecule has 1 aromatic heterocycles. The SMILES string of the molecule is COc1cccc(NCc2ccc(C#N)o2)c1. The summed E-state index contributed by atoms with van der Waals surface area (Å²) in [5.74, 6) is 1.85. The minimum Gasteiger partial charge on any atom is -0.497 e. The van der Waals surface area contributed by atoms with Crippen molar-refractivity contribution < 1.29 is 9.15 Å². The van der Waals surface area contributed by atoms with E-state index in [1.165, 1.54) is 0 Å². The van der Waals surface area contributed by atoms with Gasteiger partial charge in [0, 0.05) is 11.8 Å². The summed E-state index contributed by atoms with van der Waals surface area (Å²) in [7, 11) is 1.63. The molecule has 0 fully saturated rings. The number of nitriles is 1. The number of ether oxygens (including phenoxy) is 1. The van der Waals surface area contributed by atoms with E-state index in [2.05, 4.69) is 5.32 Å². The van der Waals surface area contributed by atoms with Crippen LogP contribution in [0.2, 0.25) is 0 Å². The number of nitrogens with zero attached hydrogens (tertiary/aromatic N) is 1. The first-order chi connectivity index (χ1) is 8.31. The van der Waals surface area contributed by atoms with Gasteiger partial charge < -0.3 is 14.5 Å². The molecule has 0 aliphatic rings. The second-order valence-electron chi connectivity index (χ2n) is 3.46. The molecule has 0 unspecified atom stereocenters. The third-order valence-electron chi connectivity index (χ3n) is 2.31. The van der Waals surface area contributed by atoms with Gasteiger partial charge in [-0.05, 0) is 24.3 Å². The molecule has 17 heavy (non-hydrogen) atoms. The zero-order valence-corrected chi connectivity index (χ0v) is 9.43. The Morgan fingerprint density at radius 1 is 1.35 bits per heavy atom. The first kappa shape index (κ1) is 11.1. The smallest absolute Gasteiger partial charge is 0.203 e. The molecule has 0 saturated heterocycles. The van der Waals surface area contributed by atoms with Crippen molar-refractivity contribution in [3.8, 4) is 11.8 Å². The van der Waals surface area contributed by atoms with Crippen molar-refractivity contribution in [1.82, 2.24) is 0 Å². The van der Waals surface area contributed by atoms with Gasteiger partial charge in [-0.3, -0.25) is 0 Å². The molecule has 4 nitrogen and oxygen atoms in total. The largest absolute Gasteiger partial charge is 0.497 e. The molecule has 2 aromatic rings.